The highest BCUT2D eigenvalue weighted by Gasteiger charge is 1.97. The molecule has 0 saturated heterocycles. The van der Waals surface area contributed by atoms with Crippen LogP contribution in [-0.4, -0.2) is 26.2 Å². The summed E-state index contributed by atoms with van der Waals surface area (Å²) < 4.78 is 0. The van der Waals surface area contributed by atoms with Gasteiger partial charge in [-0.2, -0.15) is 0 Å². The number of aldehydes is 1. The van der Waals surface area contributed by atoms with Crippen LogP contribution in [0.25, 0.3) is 0 Å². The minimum atomic E-state index is 0.449. The lowest BCUT2D eigenvalue weighted by molar-refractivity contribution is 0.112. The fraction of sp³-hybridized carbons (Fsp3) is 0.100. The zero-order valence-corrected chi connectivity index (χ0v) is 8.37. The first-order valence-electron chi connectivity index (χ1n) is 4.64. The number of anilines is 1. The molecule has 0 bridgehead atoms. The molecule has 0 unspecified atom stereocenters. The molecule has 0 fully saturated rings. The van der Waals surface area contributed by atoms with E-state index in [1.807, 2.05) is 0 Å². The molecule has 0 aromatic carbocycles. The van der Waals surface area contributed by atoms with Crippen LogP contribution >= 0.6 is 0 Å². The number of rotatable bonds is 4. The molecule has 2 rings (SSSR count). The number of carbonyl (C=O) groups excluding carboxylic acids is 1. The van der Waals surface area contributed by atoms with Crippen molar-refractivity contribution in [1.29, 1.82) is 0 Å². The van der Waals surface area contributed by atoms with E-state index in [4.69, 9.17) is 0 Å². The number of hydrogen-bond acceptors (Lipinski definition) is 6. The number of hydrogen-bond donors (Lipinski definition) is 1. The zero-order valence-electron chi connectivity index (χ0n) is 8.37. The van der Waals surface area contributed by atoms with Crippen LogP contribution < -0.4 is 5.32 Å². The second kappa shape index (κ2) is 4.92. The third kappa shape index (κ3) is 2.57. The fourth-order valence-electron chi connectivity index (χ4n) is 1.08. The maximum absolute atomic E-state index is 10.4. The summed E-state index contributed by atoms with van der Waals surface area (Å²) in [7, 11) is 0. The Morgan fingerprint density at radius 3 is 2.56 bits per heavy atom. The van der Waals surface area contributed by atoms with Gasteiger partial charge in [-0.05, 0) is 0 Å². The molecular weight excluding hydrogens is 206 g/mol. The zero-order chi connectivity index (χ0) is 11.2. The number of nitrogens with zero attached hydrogens (tertiary/aromatic N) is 4. The van der Waals surface area contributed by atoms with Gasteiger partial charge in [0.05, 0.1) is 24.0 Å². The van der Waals surface area contributed by atoms with Crippen molar-refractivity contribution in [3.63, 3.8) is 0 Å². The first-order valence-corrected chi connectivity index (χ1v) is 4.64. The predicted octanol–water partition coefficient (Wildman–Crippen LogP) is 0.691. The summed E-state index contributed by atoms with van der Waals surface area (Å²) in [6.45, 7) is 0.494. The van der Waals surface area contributed by atoms with Crippen LogP contribution in [0.2, 0.25) is 0 Å². The standard InChI is InChI=1S/C10H9N5O/c16-7-8-3-13-10(14-4-8)15-6-9-5-11-1-2-12-9/h1-5,7H,6H2,(H,13,14,15). The van der Waals surface area contributed by atoms with Gasteiger partial charge in [0.25, 0.3) is 0 Å². The molecule has 0 amide bonds. The van der Waals surface area contributed by atoms with Crippen molar-refractivity contribution in [1.82, 2.24) is 19.9 Å². The van der Waals surface area contributed by atoms with Crippen molar-refractivity contribution < 1.29 is 4.79 Å². The van der Waals surface area contributed by atoms with E-state index in [0.29, 0.717) is 24.3 Å². The van der Waals surface area contributed by atoms with E-state index in [2.05, 4.69) is 25.3 Å². The van der Waals surface area contributed by atoms with Crippen LogP contribution in [0.1, 0.15) is 16.1 Å². The van der Waals surface area contributed by atoms with Crippen LogP contribution in [0.15, 0.2) is 31.0 Å². The van der Waals surface area contributed by atoms with Crippen LogP contribution in [0.4, 0.5) is 5.95 Å². The van der Waals surface area contributed by atoms with Gasteiger partial charge < -0.3 is 5.32 Å². The molecule has 1 N–H and O–H groups in total. The Morgan fingerprint density at radius 2 is 1.94 bits per heavy atom. The Kier molecular flexibility index (Phi) is 3.12. The van der Waals surface area contributed by atoms with Crippen molar-refractivity contribution >= 4 is 12.2 Å². The van der Waals surface area contributed by atoms with Gasteiger partial charge in [-0.3, -0.25) is 14.8 Å². The van der Waals surface area contributed by atoms with Crippen molar-refractivity contribution in [2.45, 2.75) is 6.54 Å². The van der Waals surface area contributed by atoms with E-state index in [1.54, 1.807) is 18.6 Å². The minimum Gasteiger partial charge on any atom is -0.349 e. The molecule has 0 saturated carbocycles. The van der Waals surface area contributed by atoms with Crippen LogP contribution in [-0.2, 0) is 6.54 Å². The second-order valence-electron chi connectivity index (χ2n) is 3.01. The Hall–Kier alpha value is -2.37. The summed E-state index contributed by atoms with van der Waals surface area (Å²) in [5, 5.41) is 2.97. The molecule has 6 heteroatoms. The average molecular weight is 215 g/mol. The Bertz CT molecular complexity index is 456. The second-order valence-corrected chi connectivity index (χ2v) is 3.01. The average Bonchev–Trinajstić information content (AvgIpc) is 2.38. The summed E-state index contributed by atoms with van der Waals surface area (Å²) >= 11 is 0. The predicted molar refractivity (Wildman–Crippen MR) is 56.8 cm³/mol. The Morgan fingerprint density at radius 1 is 1.12 bits per heavy atom. The molecule has 0 spiro atoms. The maximum atomic E-state index is 10.4. The monoisotopic (exact) mass is 215 g/mol. The number of aromatic nitrogens is 4. The van der Waals surface area contributed by atoms with E-state index in [1.165, 1.54) is 12.4 Å². The lowest BCUT2D eigenvalue weighted by Crippen LogP contribution is -2.05. The van der Waals surface area contributed by atoms with E-state index in [9.17, 15) is 4.79 Å². The van der Waals surface area contributed by atoms with Gasteiger partial charge in [0.15, 0.2) is 6.29 Å². The minimum absolute atomic E-state index is 0.449. The topological polar surface area (TPSA) is 80.7 Å². The molecule has 6 nitrogen and oxygen atoms in total. The summed E-state index contributed by atoms with van der Waals surface area (Å²) in [5.41, 5.74) is 1.25. The summed E-state index contributed by atoms with van der Waals surface area (Å²) in [6.07, 6.45) is 8.50. The smallest absolute Gasteiger partial charge is 0.222 e. The van der Waals surface area contributed by atoms with E-state index in [0.717, 1.165) is 5.69 Å². The SMILES string of the molecule is O=Cc1cnc(NCc2cnccn2)nc1. The van der Waals surface area contributed by atoms with Crippen LogP contribution in [0.5, 0.6) is 0 Å². The van der Waals surface area contributed by atoms with Gasteiger partial charge in [-0.15, -0.1) is 0 Å². The molecule has 16 heavy (non-hydrogen) atoms. The van der Waals surface area contributed by atoms with E-state index in [-0.39, 0.29) is 0 Å². The highest BCUT2D eigenvalue weighted by Crippen LogP contribution is 2.00. The molecule has 0 aliphatic rings. The maximum Gasteiger partial charge on any atom is 0.222 e. The molecule has 80 valence electrons. The molecule has 0 atom stereocenters. The van der Waals surface area contributed by atoms with Crippen molar-refractivity contribution in [3.05, 3.63) is 42.2 Å². The van der Waals surface area contributed by atoms with Crippen LogP contribution in [0, 0.1) is 0 Å². The van der Waals surface area contributed by atoms with Gasteiger partial charge >= 0.3 is 0 Å². The molecule has 2 aromatic heterocycles. The summed E-state index contributed by atoms with van der Waals surface area (Å²) in [6, 6.07) is 0. The normalized spacial score (nSPS) is 9.75. The molecular formula is C10H9N5O. The van der Waals surface area contributed by atoms with Crippen molar-refractivity contribution in [2.24, 2.45) is 0 Å². The summed E-state index contributed by atoms with van der Waals surface area (Å²) in [5.74, 6) is 0.455. The lowest BCUT2D eigenvalue weighted by Gasteiger charge is -2.02. The molecule has 0 aliphatic carbocycles. The first-order chi connectivity index (χ1) is 7.88. The number of carbonyl (C=O) groups is 1. The van der Waals surface area contributed by atoms with Gasteiger partial charge in [0.2, 0.25) is 5.95 Å². The Labute approximate surface area is 91.8 Å². The molecule has 0 radical (unpaired) electrons. The quantitative estimate of drug-likeness (QED) is 0.756. The largest absolute Gasteiger partial charge is 0.349 e. The third-order valence-corrected chi connectivity index (χ3v) is 1.85. The third-order valence-electron chi connectivity index (χ3n) is 1.85. The van der Waals surface area contributed by atoms with Gasteiger partial charge in [-0.25, -0.2) is 9.97 Å². The van der Waals surface area contributed by atoms with E-state index >= 15 is 0 Å². The Balaban J connectivity index is 1.97. The molecule has 2 heterocycles. The van der Waals surface area contributed by atoms with Crippen molar-refractivity contribution in [2.75, 3.05) is 5.32 Å². The lowest BCUT2D eigenvalue weighted by atomic mass is 10.4. The molecule has 0 aliphatic heterocycles. The van der Waals surface area contributed by atoms with Crippen LogP contribution in [0.3, 0.4) is 0 Å². The first kappa shape index (κ1) is 10.2. The van der Waals surface area contributed by atoms with Gasteiger partial charge in [-0.1, -0.05) is 0 Å². The number of nitrogens with one attached hydrogen (secondary N) is 1. The van der Waals surface area contributed by atoms with Gasteiger partial charge in [0, 0.05) is 24.8 Å². The highest BCUT2D eigenvalue weighted by atomic mass is 16.1. The fourth-order valence-corrected chi connectivity index (χ4v) is 1.08. The van der Waals surface area contributed by atoms with Crippen molar-refractivity contribution in [3.8, 4) is 0 Å². The van der Waals surface area contributed by atoms with Gasteiger partial charge in [0.1, 0.15) is 0 Å². The highest BCUT2D eigenvalue weighted by molar-refractivity contribution is 5.73. The molecule has 2 aromatic rings. The summed E-state index contributed by atoms with van der Waals surface area (Å²) in [4.78, 5) is 26.3. The van der Waals surface area contributed by atoms with E-state index < -0.39 is 0 Å².